The molecule has 0 spiro atoms. The topological polar surface area (TPSA) is 195 Å². The lowest BCUT2D eigenvalue weighted by Gasteiger charge is -2.41. The summed E-state index contributed by atoms with van der Waals surface area (Å²) >= 11 is 6.57. The normalized spacial score (nSPS) is 13.6. The van der Waals surface area contributed by atoms with Gasteiger partial charge in [-0.3, -0.25) is 14.4 Å². The summed E-state index contributed by atoms with van der Waals surface area (Å²) in [5, 5.41) is 14.3. The molecule has 4 aromatic heterocycles. The van der Waals surface area contributed by atoms with Gasteiger partial charge in [-0.2, -0.15) is 0 Å². The molecule has 3 aromatic carbocycles. The van der Waals surface area contributed by atoms with Gasteiger partial charge in [0.25, 0.3) is 11.8 Å². The average molecular weight is 826 g/mol. The number of aromatic nitrogens is 6. The lowest BCUT2D eigenvalue weighted by Crippen LogP contribution is -2.46. The van der Waals surface area contributed by atoms with E-state index in [4.69, 9.17) is 36.3 Å². The number of carbonyl (C=O) groups excluding carboxylic acids is 3. The minimum atomic E-state index is -0.581. The molecule has 6 N–H and O–H groups in total. The first-order valence-electron chi connectivity index (χ1n) is 19.7. The Balaban J connectivity index is 0.976. The number of halogens is 1. The van der Waals surface area contributed by atoms with Crippen LogP contribution in [0, 0.1) is 0 Å². The first-order chi connectivity index (χ1) is 29.2. The summed E-state index contributed by atoms with van der Waals surface area (Å²) < 4.78 is 6.04. The summed E-state index contributed by atoms with van der Waals surface area (Å²) in [6.45, 7) is 3.82. The summed E-state index contributed by atoms with van der Waals surface area (Å²) in [6.07, 6.45) is 1.18. The van der Waals surface area contributed by atoms with Crippen LogP contribution < -0.4 is 21.3 Å². The second-order valence-corrected chi connectivity index (χ2v) is 14.9. The van der Waals surface area contributed by atoms with E-state index in [1.807, 2.05) is 89.8 Å². The van der Waals surface area contributed by atoms with Crippen LogP contribution in [0.3, 0.4) is 0 Å². The third-order valence-corrected chi connectivity index (χ3v) is 11.0. The van der Waals surface area contributed by atoms with Crippen molar-refractivity contribution in [3.63, 3.8) is 0 Å². The van der Waals surface area contributed by atoms with Gasteiger partial charge in [0.1, 0.15) is 34.3 Å². The summed E-state index contributed by atoms with van der Waals surface area (Å²) in [5.41, 5.74) is 3.68. The van der Waals surface area contributed by atoms with E-state index in [0.717, 1.165) is 16.7 Å². The van der Waals surface area contributed by atoms with Gasteiger partial charge < -0.3 is 40.9 Å². The molecule has 8 rings (SSSR count). The van der Waals surface area contributed by atoms with Crippen LogP contribution in [-0.4, -0.2) is 98.9 Å². The van der Waals surface area contributed by atoms with E-state index >= 15 is 0 Å². The predicted octanol–water partition coefficient (Wildman–Crippen LogP) is 6.38. The van der Waals surface area contributed by atoms with E-state index in [9.17, 15) is 14.4 Å². The second-order valence-electron chi connectivity index (χ2n) is 14.5. The van der Waals surface area contributed by atoms with Crippen LogP contribution in [0.15, 0.2) is 97.1 Å². The highest BCUT2D eigenvalue weighted by atomic mass is 35.5. The van der Waals surface area contributed by atoms with E-state index in [1.165, 1.54) is 6.92 Å². The maximum absolute atomic E-state index is 14.0. The third-order valence-electron chi connectivity index (χ3n) is 10.6. The quantitative estimate of drug-likeness (QED) is 0.0670. The summed E-state index contributed by atoms with van der Waals surface area (Å²) in [7, 11) is 1.69. The Morgan fingerprint density at radius 1 is 0.700 bits per heavy atom. The minimum absolute atomic E-state index is 0.128. The molecule has 5 heterocycles. The fraction of sp³-hybridized carbons (Fsp3) is 0.250. The first kappa shape index (κ1) is 40.0. The fourth-order valence-electron chi connectivity index (χ4n) is 7.49. The summed E-state index contributed by atoms with van der Waals surface area (Å²) in [6, 6.07) is 30.3. The lowest BCUT2D eigenvalue weighted by molar-refractivity contribution is -0.118. The predicted molar refractivity (Wildman–Crippen MR) is 232 cm³/mol. The van der Waals surface area contributed by atoms with E-state index in [2.05, 4.69) is 31.2 Å². The molecule has 7 aromatic rings. The Morgan fingerprint density at radius 3 is 1.77 bits per heavy atom. The molecule has 1 saturated heterocycles. The molecule has 0 atom stereocenters. The Bertz CT molecular complexity index is 2660. The molecule has 0 bridgehead atoms. The number of nitrogens with one attached hydrogen (secondary N) is 6. The highest BCUT2D eigenvalue weighted by Gasteiger charge is 2.39. The number of amides is 3. The molecule has 3 amide bonds. The van der Waals surface area contributed by atoms with Crippen LogP contribution in [0.25, 0.3) is 44.8 Å². The van der Waals surface area contributed by atoms with Gasteiger partial charge in [0.15, 0.2) is 11.6 Å². The number of hydrogen-bond donors (Lipinski definition) is 6. The van der Waals surface area contributed by atoms with Gasteiger partial charge in [0, 0.05) is 75.0 Å². The van der Waals surface area contributed by atoms with Crippen molar-refractivity contribution >= 4 is 63.0 Å². The standard InChI is InChI=1S/C44H44ClN11O4/c1-27(57)46-19-20-47-38-30-25-34(50-40(30)54-36(52-38)28-11-5-3-6-12-28)42(58)49-22-21-48-39-31-26-35(51-41(31)55-37(53-39)29-13-7-4-8-14-29)43(59)56-23-17-44(60-2,18-24-56)32-15-9-10-16-33(32)45/h3-16,25-26H,17-24H2,1-2H3,(H,46,57)(H,49,58)(H2,47,50,52,54)(H2,48,51,53,55). The molecule has 60 heavy (non-hydrogen) atoms. The maximum Gasteiger partial charge on any atom is 0.270 e. The smallest absolute Gasteiger partial charge is 0.270 e. The van der Waals surface area contributed by atoms with Crippen molar-refractivity contribution in [1.29, 1.82) is 0 Å². The molecule has 1 fully saturated rings. The number of carbonyl (C=O) groups is 3. The number of nitrogens with zero attached hydrogens (tertiary/aromatic N) is 5. The van der Waals surface area contributed by atoms with Crippen LogP contribution in [0.2, 0.25) is 5.02 Å². The Morgan fingerprint density at radius 2 is 1.22 bits per heavy atom. The number of piperidine rings is 1. The molecular formula is C44H44ClN11O4. The number of benzene rings is 3. The molecule has 16 heteroatoms. The van der Waals surface area contributed by atoms with Crippen LogP contribution in [0.5, 0.6) is 0 Å². The largest absolute Gasteiger partial charge is 0.373 e. The molecule has 1 aliphatic rings. The van der Waals surface area contributed by atoms with Gasteiger partial charge in [-0.1, -0.05) is 90.5 Å². The Kier molecular flexibility index (Phi) is 11.7. The third kappa shape index (κ3) is 8.49. The van der Waals surface area contributed by atoms with E-state index in [1.54, 1.807) is 19.2 Å². The van der Waals surface area contributed by atoms with Crippen molar-refractivity contribution in [3.8, 4) is 22.8 Å². The molecule has 306 valence electrons. The number of anilines is 2. The van der Waals surface area contributed by atoms with Gasteiger partial charge in [-0.25, -0.2) is 19.9 Å². The molecule has 0 radical (unpaired) electrons. The van der Waals surface area contributed by atoms with E-state index < -0.39 is 5.60 Å². The molecule has 0 unspecified atom stereocenters. The van der Waals surface area contributed by atoms with E-state index in [0.29, 0.717) is 107 Å². The van der Waals surface area contributed by atoms with Gasteiger partial charge in [0.2, 0.25) is 5.91 Å². The van der Waals surface area contributed by atoms with E-state index in [-0.39, 0.29) is 24.3 Å². The first-order valence-corrected chi connectivity index (χ1v) is 20.1. The van der Waals surface area contributed by atoms with Gasteiger partial charge in [-0.05, 0) is 31.0 Å². The van der Waals surface area contributed by atoms with Crippen molar-refractivity contribution in [3.05, 3.63) is 119 Å². The number of fused-ring (bicyclic) bond motifs is 2. The van der Waals surface area contributed by atoms with Crippen LogP contribution >= 0.6 is 11.6 Å². The average Bonchev–Trinajstić information content (AvgIpc) is 3.92. The second kappa shape index (κ2) is 17.6. The number of hydrogen-bond acceptors (Lipinski definition) is 10. The van der Waals surface area contributed by atoms with Crippen molar-refractivity contribution in [2.75, 3.05) is 57.0 Å². The maximum atomic E-state index is 14.0. The van der Waals surface area contributed by atoms with Gasteiger partial charge in [-0.15, -0.1) is 0 Å². The summed E-state index contributed by atoms with van der Waals surface area (Å²) in [5.74, 6) is 1.41. The van der Waals surface area contributed by atoms with Crippen molar-refractivity contribution in [1.82, 2.24) is 45.4 Å². The number of methoxy groups -OCH3 is 1. The number of ether oxygens (including phenoxy) is 1. The highest BCUT2D eigenvalue weighted by molar-refractivity contribution is 6.31. The molecule has 0 aliphatic carbocycles. The SMILES string of the molecule is COC1(c2ccccc2Cl)CCN(C(=O)c2cc3c(NCCNC(=O)c4cc5c(NCCNC(C)=O)nc(-c6ccccc6)nc5[nH]4)nc(-c4ccccc4)nc3[nH]2)CC1. The zero-order valence-electron chi connectivity index (χ0n) is 33.1. The van der Waals surface area contributed by atoms with Gasteiger partial charge in [0.05, 0.1) is 16.4 Å². The number of rotatable bonds is 14. The van der Waals surface area contributed by atoms with Crippen LogP contribution in [0.4, 0.5) is 11.6 Å². The number of H-pyrrole nitrogens is 2. The molecule has 1 aliphatic heterocycles. The zero-order valence-corrected chi connectivity index (χ0v) is 33.9. The molecule has 0 saturated carbocycles. The van der Waals surface area contributed by atoms with Crippen LogP contribution in [0.1, 0.15) is 46.3 Å². The highest BCUT2D eigenvalue weighted by Crippen LogP contribution is 2.40. The number of aromatic amines is 2. The molecular weight excluding hydrogens is 782 g/mol. The number of likely N-dealkylation sites (tertiary alicyclic amines) is 1. The lowest BCUT2D eigenvalue weighted by atomic mass is 9.84. The Hall–Kier alpha value is -6.84. The van der Waals surface area contributed by atoms with Crippen LogP contribution in [-0.2, 0) is 15.1 Å². The van der Waals surface area contributed by atoms with Crippen molar-refractivity contribution < 1.29 is 19.1 Å². The van der Waals surface area contributed by atoms with Gasteiger partial charge >= 0.3 is 0 Å². The summed E-state index contributed by atoms with van der Waals surface area (Å²) in [4.78, 5) is 66.2. The Labute approximate surface area is 350 Å². The minimum Gasteiger partial charge on any atom is -0.373 e. The van der Waals surface area contributed by atoms with Crippen molar-refractivity contribution in [2.45, 2.75) is 25.4 Å². The molecule has 15 nitrogen and oxygen atoms in total. The zero-order chi connectivity index (χ0) is 41.6. The monoisotopic (exact) mass is 825 g/mol. The van der Waals surface area contributed by atoms with Crippen molar-refractivity contribution in [2.24, 2.45) is 0 Å². The fourth-order valence-corrected chi connectivity index (χ4v) is 7.79.